The zero-order valence-corrected chi connectivity index (χ0v) is 11.8. The molecule has 0 spiro atoms. The standard InChI is InChI=1S/C16H18F3NO/c1-8(12-7-9-2-3-10(12)6-9)20-16(21)11-4-5-13(17)15(19)14(11)18/h4-5,8-10,12H,2-3,6-7H2,1H3,(H,20,21). The molecule has 3 rings (SSSR count). The second kappa shape index (κ2) is 5.35. The van der Waals surface area contributed by atoms with Crippen LogP contribution in [-0.4, -0.2) is 11.9 Å². The van der Waals surface area contributed by atoms with Gasteiger partial charge in [-0.05, 0) is 56.1 Å². The summed E-state index contributed by atoms with van der Waals surface area (Å²) in [5.41, 5.74) is -0.441. The highest BCUT2D eigenvalue weighted by Gasteiger charge is 2.42. The van der Waals surface area contributed by atoms with Gasteiger partial charge in [0, 0.05) is 6.04 Å². The number of amides is 1. The van der Waals surface area contributed by atoms with Crippen molar-refractivity contribution in [3.63, 3.8) is 0 Å². The molecule has 2 nitrogen and oxygen atoms in total. The second-order valence-electron chi connectivity index (χ2n) is 6.32. The summed E-state index contributed by atoms with van der Waals surface area (Å²) in [7, 11) is 0. The van der Waals surface area contributed by atoms with E-state index in [0.29, 0.717) is 11.8 Å². The molecule has 2 saturated carbocycles. The lowest BCUT2D eigenvalue weighted by Gasteiger charge is -2.28. The van der Waals surface area contributed by atoms with Gasteiger partial charge in [-0.3, -0.25) is 4.79 Å². The van der Waals surface area contributed by atoms with Gasteiger partial charge in [0.15, 0.2) is 17.5 Å². The van der Waals surface area contributed by atoms with Crippen LogP contribution in [0.3, 0.4) is 0 Å². The summed E-state index contributed by atoms with van der Waals surface area (Å²) >= 11 is 0. The zero-order valence-electron chi connectivity index (χ0n) is 11.8. The van der Waals surface area contributed by atoms with Gasteiger partial charge >= 0.3 is 0 Å². The molecule has 1 aromatic carbocycles. The number of carbonyl (C=O) groups excluding carboxylic acids is 1. The monoisotopic (exact) mass is 297 g/mol. The van der Waals surface area contributed by atoms with Gasteiger partial charge in [0.2, 0.25) is 0 Å². The molecule has 1 aromatic rings. The third-order valence-electron chi connectivity index (χ3n) is 5.07. The van der Waals surface area contributed by atoms with Crippen molar-refractivity contribution in [2.45, 2.75) is 38.6 Å². The molecule has 2 fully saturated rings. The van der Waals surface area contributed by atoms with Crippen LogP contribution in [0.2, 0.25) is 0 Å². The number of rotatable bonds is 3. The van der Waals surface area contributed by atoms with E-state index in [1.807, 2.05) is 6.92 Å². The summed E-state index contributed by atoms with van der Waals surface area (Å²) < 4.78 is 39.7. The topological polar surface area (TPSA) is 29.1 Å². The first-order chi connectivity index (χ1) is 9.97. The number of hydrogen-bond donors (Lipinski definition) is 1. The lowest BCUT2D eigenvalue weighted by Crippen LogP contribution is -2.40. The van der Waals surface area contributed by atoms with Crippen LogP contribution in [0.15, 0.2) is 12.1 Å². The lowest BCUT2D eigenvalue weighted by atomic mass is 9.84. The Hall–Kier alpha value is -1.52. The largest absolute Gasteiger partial charge is 0.349 e. The van der Waals surface area contributed by atoms with Crippen LogP contribution in [0.4, 0.5) is 13.2 Å². The molecule has 0 radical (unpaired) electrons. The lowest BCUT2D eigenvalue weighted by molar-refractivity contribution is 0.0910. The third-order valence-corrected chi connectivity index (χ3v) is 5.07. The number of carbonyl (C=O) groups is 1. The van der Waals surface area contributed by atoms with Gasteiger partial charge in [-0.2, -0.15) is 0 Å². The van der Waals surface area contributed by atoms with Crippen molar-refractivity contribution in [2.75, 3.05) is 0 Å². The number of fused-ring (bicyclic) bond motifs is 2. The number of benzene rings is 1. The van der Waals surface area contributed by atoms with E-state index in [9.17, 15) is 18.0 Å². The summed E-state index contributed by atoms with van der Waals surface area (Å²) in [6, 6.07) is 1.67. The molecular formula is C16H18F3NO. The Morgan fingerprint density at radius 1 is 1.19 bits per heavy atom. The fourth-order valence-corrected chi connectivity index (χ4v) is 4.00. The molecule has 4 atom stereocenters. The van der Waals surface area contributed by atoms with Gasteiger partial charge in [0.1, 0.15) is 0 Å². The molecule has 21 heavy (non-hydrogen) atoms. The Labute approximate surface area is 121 Å². The van der Waals surface area contributed by atoms with Crippen molar-refractivity contribution in [3.05, 3.63) is 35.1 Å². The van der Waals surface area contributed by atoms with Crippen molar-refractivity contribution >= 4 is 5.91 Å². The van der Waals surface area contributed by atoms with Crippen LogP contribution in [0.1, 0.15) is 43.0 Å². The van der Waals surface area contributed by atoms with Crippen molar-refractivity contribution in [1.82, 2.24) is 5.32 Å². The van der Waals surface area contributed by atoms with Crippen LogP contribution >= 0.6 is 0 Å². The first kappa shape index (κ1) is 14.4. The molecule has 0 aliphatic heterocycles. The van der Waals surface area contributed by atoms with Crippen molar-refractivity contribution in [3.8, 4) is 0 Å². The summed E-state index contributed by atoms with van der Waals surface area (Å²) in [6.45, 7) is 1.90. The van der Waals surface area contributed by atoms with E-state index in [1.54, 1.807) is 0 Å². The first-order valence-corrected chi connectivity index (χ1v) is 7.41. The number of hydrogen-bond acceptors (Lipinski definition) is 1. The fraction of sp³-hybridized carbons (Fsp3) is 0.562. The Balaban J connectivity index is 1.70. The minimum absolute atomic E-state index is 0.0830. The minimum atomic E-state index is -1.60. The second-order valence-corrected chi connectivity index (χ2v) is 6.32. The van der Waals surface area contributed by atoms with E-state index in [0.717, 1.165) is 24.5 Å². The predicted octanol–water partition coefficient (Wildman–Crippen LogP) is 3.66. The zero-order chi connectivity index (χ0) is 15.1. The SMILES string of the molecule is CC(NC(=O)c1ccc(F)c(F)c1F)C1CC2CCC1C2. The van der Waals surface area contributed by atoms with E-state index < -0.39 is 28.9 Å². The predicted molar refractivity (Wildman–Crippen MR) is 72.2 cm³/mol. The third kappa shape index (κ3) is 2.54. The molecular weight excluding hydrogens is 279 g/mol. The number of nitrogens with one attached hydrogen (secondary N) is 1. The Morgan fingerprint density at radius 2 is 1.95 bits per heavy atom. The van der Waals surface area contributed by atoms with Gasteiger partial charge in [-0.15, -0.1) is 0 Å². The maximum Gasteiger partial charge on any atom is 0.254 e. The molecule has 114 valence electrons. The van der Waals surface area contributed by atoms with Gasteiger partial charge in [0.05, 0.1) is 5.56 Å². The first-order valence-electron chi connectivity index (χ1n) is 7.41. The minimum Gasteiger partial charge on any atom is -0.349 e. The molecule has 1 N–H and O–H groups in total. The van der Waals surface area contributed by atoms with Gasteiger partial charge in [0.25, 0.3) is 5.91 Å². The Morgan fingerprint density at radius 3 is 2.57 bits per heavy atom. The molecule has 1 amide bonds. The van der Waals surface area contributed by atoms with Crippen molar-refractivity contribution in [1.29, 1.82) is 0 Å². The van der Waals surface area contributed by atoms with Crippen LogP contribution in [0.5, 0.6) is 0 Å². The molecule has 2 aliphatic rings. The maximum atomic E-state index is 13.6. The average Bonchev–Trinajstić information content (AvgIpc) is 3.07. The van der Waals surface area contributed by atoms with Gasteiger partial charge < -0.3 is 5.32 Å². The highest BCUT2D eigenvalue weighted by molar-refractivity contribution is 5.94. The Kier molecular flexibility index (Phi) is 3.68. The number of halogens is 3. The molecule has 0 aromatic heterocycles. The van der Waals surface area contributed by atoms with Crippen molar-refractivity contribution < 1.29 is 18.0 Å². The summed E-state index contributed by atoms with van der Waals surface area (Å²) in [5.74, 6) is -3.21. The molecule has 5 heteroatoms. The van der Waals surface area contributed by atoms with Crippen LogP contribution in [0, 0.1) is 35.2 Å². The highest BCUT2D eigenvalue weighted by Crippen LogP contribution is 2.49. The Bertz CT molecular complexity index is 575. The summed E-state index contributed by atoms with van der Waals surface area (Å²) in [4.78, 5) is 12.1. The molecule has 0 saturated heterocycles. The molecule has 2 bridgehead atoms. The van der Waals surface area contributed by atoms with E-state index in [2.05, 4.69) is 5.32 Å². The van der Waals surface area contributed by atoms with Crippen LogP contribution < -0.4 is 5.32 Å². The quantitative estimate of drug-likeness (QED) is 0.848. The van der Waals surface area contributed by atoms with Crippen molar-refractivity contribution in [2.24, 2.45) is 17.8 Å². The molecule has 2 aliphatic carbocycles. The van der Waals surface area contributed by atoms with Gasteiger partial charge in [-0.25, -0.2) is 13.2 Å². The van der Waals surface area contributed by atoms with E-state index in [4.69, 9.17) is 0 Å². The van der Waals surface area contributed by atoms with E-state index in [-0.39, 0.29) is 6.04 Å². The highest BCUT2D eigenvalue weighted by atomic mass is 19.2. The van der Waals surface area contributed by atoms with Gasteiger partial charge in [-0.1, -0.05) is 6.42 Å². The van der Waals surface area contributed by atoms with E-state index >= 15 is 0 Å². The molecule has 4 unspecified atom stereocenters. The van der Waals surface area contributed by atoms with Crippen LogP contribution in [0.25, 0.3) is 0 Å². The smallest absolute Gasteiger partial charge is 0.254 e. The normalized spacial score (nSPS) is 28.7. The maximum absolute atomic E-state index is 13.6. The summed E-state index contributed by atoms with van der Waals surface area (Å²) in [5, 5.41) is 2.74. The fourth-order valence-electron chi connectivity index (χ4n) is 4.00. The van der Waals surface area contributed by atoms with E-state index in [1.165, 1.54) is 19.3 Å². The molecule has 0 heterocycles. The van der Waals surface area contributed by atoms with Crippen LogP contribution in [-0.2, 0) is 0 Å². The average molecular weight is 297 g/mol. The summed E-state index contributed by atoms with van der Waals surface area (Å²) in [6.07, 6.45) is 4.76.